The number of rotatable bonds is 3. The van der Waals surface area contributed by atoms with Crippen LogP contribution in [0.4, 0.5) is 0 Å². The van der Waals surface area contributed by atoms with Gasteiger partial charge in [-0.1, -0.05) is 0 Å². The highest BCUT2D eigenvalue weighted by atomic mass is 16.7. The number of carbonyl (C=O) groups excluding carboxylic acids is 1. The minimum atomic E-state index is -0.254. The van der Waals surface area contributed by atoms with Gasteiger partial charge in [0.1, 0.15) is 18.5 Å². The van der Waals surface area contributed by atoms with Crippen LogP contribution in [0.3, 0.4) is 0 Å². The lowest BCUT2D eigenvalue weighted by Crippen LogP contribution is -2.25. The summed E-state index contributed by atoms with van der Waals surface area (Å²) < 4.78 is 1.65. The van der Waals surface area contributed by atoms with E-state index in [2.05, 4.69) is 15.2 Å². The van der Waals surface area contributed by atoms with Crippen LogP contribution < -0.4 is 0 Å². The van der Waals surface area contributed by atoms with Crippen LogP contribution >= 0.6 is 0 Å². The molecule has 2 aromatic rings. The van der Waals surface area contributed by atoms with E-state index in [9.17, 15) is 4.79 Å². The number of carbonyl (C=O) groups is 1. The van der Waals surface area contributed by atoms with E-state index in [0.29, 0.717) is 11.4 Å². The van der Waals surface area contributed by atoms with Crippen molar-refractivity contribution in [2.45, 2.75) is 0 Å². The van der Waals surface area contributed by atoms with Crippen LogP contribution in [0.1, 0.15) is 10.4 Å². The van der Waals surface area contributed by atoms with Gasteiger partial charge in [0.2, 0.25) is 0 Å². The second kappa shape index (κ2) is 4.71. The molecule has 7 nitrogen and oxygen atoms in total. The molecular weight excluding hydrogens is 222 g/mol. The quantitative estimate of drug-likeness (QED) is 0.713. The van der Waals surface area contributed by atoms with Crippen LogP contribution in [0.2, 0.25) is 0 Å². The molecule has 2 aromatic heterocycles. The molecule has 0 fully saturated rings. The lowest BCUT2D eigenvalue weighted by atomic mass is 10.2. The second-order valence-electron chi connectivity index (χ2n) is 3.26. The van der Waals surface area contributed by atoms with Gasteiger partial charge < -0.3 is 0 Å². The molecule has 0 bridgehead atoms. The third-order valence-corrected chi connectivity index (χ3v) is 2.24. The number of pyridine rings is 1. The van der Waals surface area contributed by atoms with Crippen molar-refractivity contribution in [1.29, 1.82) is 0 Å². The van der Waals surface area contributed by atoms with Gasteiger partial charge in [0.05, 0.1) is 12.7 Å². The number of amides is 1. The van der Waals surface area contributed by atoms with Gasteiger partial charge in [-0.2, -0.15) is 0 Å². The average Bonchev–Trinajstić information content (AvgIpc) is 2.91. The maximum absolute atomic E-state index is 11.7. The Kier molecular flexibility index (Phi) is 3.10. The molecular formula is C10H11N5O2. The molecule has 1 amide bonds. The molecule has 88 valence electrons. The Morgan fingerprint density at radius 1 is 1.35 bits per heavy atom. The van der Waals surface area contributed by atoms with E-state index in [1.165, 1.54) is 33.0 Å². The van der Waals surface area contributed by atoms with E-state index in [4.69, 9.17) is 4.84 Å². The van der Waals surface area contributed by atoms with E-state index in [1.54, 1.807) is 16.7 Å². The summed E-state index contributed by atoms with van der Waals surface area (Å²) >= 11 is 0. The van der Waals surface area contributed by atoms with E-state index in [-0.39, 0.29) is 5.91 Å². The van der Waals surface area contributed by atoms with Crippen molar-refractivity contribution in [3.05, 3.63) is 36.5 Å². The predicted molar refractivity (Wildman–Crippen MR) is 58.3 cm³/mol. The summed E-state index contributed by atoms with van der Waals surface area (Å²) in [5.74, 6) is 0.391. The van der Waals surface area contributed by atoms with Gasteiger partial charge in [-0.15, -0.1) is 10.2 Å². The number of hydrogen-bond acceptors (Lipinski definition) is 5. The summed E-state index contributed by atoms with van der Waals surface area (Å²) in [6.45, 7) is 0. The lowest BCUT2D eigenvalue weighted by Gasteiger charge is -2.13. The highest BCUT2D eigenvalue weighted by Gasteiger charge is 2.11. The summed E-state index contributed by atoms with van der Waals surface area (Å²) in [4.78, 5) is 20.6. The van der Waals surface area contributed by atoms with Crippen molar-refractivity contribution >= 4 is 5.91 Å². The van der Waals surface area contributed by atoms with Crippen LogP contribution in [0.15, 0.2) is 31.0 Å². The van der Waals surface area contributed by atoms with Gasteiger partial charge in [-0.25, -0.2) is 10.0 Å². The molecule has 17 heavy (non-hydrogen) atoms. The van der Waals surface area contributed by atoms with Crippen molar-refractivity contribution in [3.8, 4) is 5.82 Å². The number of hydroxylamine groups is 2. The third-order valence-electron chi connectivity index (χ3n) is 2.24. The minimum Gasteiger partial charge on any atom is -0.274 e. The molecule has 2 heterocycles. The van der Waals surface area contributed by atoms with Crippen LogP contribution in [0, 0.1) is 0 Å². The Morgan fingerprint density at radius 3 is 2.59 bits per heavy atom. The summed E-state index contributed by atoms with van der Waals surface area (Å²) in [5.41, 5.74) is 0.450. The fraction of sp³-hybridized carbons (Fsp3) is 0.200. The van der Waals surface area contributed by atoms with E-state index >= 15 is 0 Å². The monoisotopic (exact) mass is 233 g/mol. The zero-order valence-electron chi connectivity index (χ0n) is 9.44. The molecule has 0 radical (unpaired) electrons. The zero-order valence-corrected chi connectivity index (χ0v) is 9.44. The van der Waals surface area contributed by atoms with Crippen molar-refractivity contribution in [3.63, 3.8) is 0 Å². The van der Waals surface area contributed by atoms with Crippen molar-refractivity contribution in [2.75, 3.05) is 14.2 Å². The molecule has 0 aliphatic rings. The van der Waals surface area contributed by atoms with E-state index < -0.39 is 0 Å². The first-order valence-corrected chi connectivity index (χ1v) is 4.85. The van der Waals surface area contributed by atoms with Gasteiger partial charge in [0.15, 0.2) is 0 Å². The molecule has 0 aromatic carbocycles. The van der Waals surface area contributed by atoms with Crippen LogP contribution in [0.25, 0.3) is 5.82 Å². The number of nitrogens with zero attached hydrogens (tertiary/aromatic N) is 5. The van der Waals surface area contributed by atoms with Gasteiger partial charge in [-0.3, -0.25) is 14.2 Å². The van der Waals surface area contributed by atoms with E-state index in [1.807, 2.05) is 0 Å². The second-order valence-corrected chi connectivity index (χ2v) is 3.26. The summed E-state index contributed by atoms with van der Waals surface area (Å²) in [6.07, 6.45) is 4.55. The van der Waals surface area contributed by atoms with Crippen LogP contribution in [0.5, 0.6) is 0 Å². The topological polar surface area (TPSA) is 73.1 Å². The Morgan fingerprint density at radius 2 is 2.06 bits per heavy atom. The molecule has 0 atom stereocenters. The van der Waals surface area contributed by atoms with Crippen LogP contribution in [-0.4, -0.2) is 44.9 Å². The van der Waals surface area contributed by atoms with Crippen LogP contribution in [-0.2, 0) is 4.84 Å². The molecule has 2 rings (SSSR count). The smallest absolute Gasteiger partial charge is 0.274 e. The Bertz CT molecular complexity index is 494. The SMILES string of the molecule is CON(C)C(=O)c1ccc(-n2cnnc2)nc1. The van der Waals surface area contributed by atoms with Crippen molar-refractivity contribution in [2.24, 2.45) is 0 Å². The molecule has 0 aliphatic heterocycles. The van der Waals surface area contributed by atoms with Gasteiger partial charge in [0.25, 0.3) is 5.91 Å². The highest BCUT2D eigenvalue weighted by Crippen LogP contribution is 2.06. The Balaban J connectivity index is 2.22. The van der Waals surface area contributed by atoms with E-state index in [0.717, 1.165) is 5.06 Å². The molecule has 0 saturated heterocycles. The van der Waals surface area contributed by atoms with Gasteiger partial charge in [0, 0.05) is 13.2 Å². The molecule has 0 unspecified atom stereocenters. The normalized spacial score (nSPS) is 10.2. The maximum atomic E-state index is 11.7. The molecule has 7 heteroatoms. The Hall–Kier alpha value is -2.28. The predicted octanol–water partition coefficient (Wildman–Crippen LogP) is 0.296. The van der Waals surface area contributed by atoms with Crippen molar-refractivity contribution in [1.82, 2.24) is 24.8 Å². The zero-order chi connectivity index (χ0) is 12.3. The molecule has 0 N–H and O–H groups in total. The third kappa shape index (κ3) is 2.28. The van der Waals surface area contributed by atoms with Gasteiger partial charge >= 0.3 is 0 Å². The highest BCUT2D eigenvalue weighted by molar-refractivity contribution is 5.93. The summed E-state index contributed by atoms with van der Waals surface area (Å²) in [5, 5.41) is 8.49. The Labute approximate surface area is 97.6 Å². The molecule has 0 saturated carbocycles. The summed E-state index contributed by atoms with van der Waals surface area (Å²) in [7, 11) is 2.97. The number of aromatic nitrogens is 4. The standard InChI is InChI=1S/C10H11N5O2/c1-14(17-2)10(16)8-3-4-9(11-5-8)15-6-12-13-7-15/h3-7H,1-2H3. The number of hydrogen-bond donors (Lipinski definition) is 0. The first kappa shape index (κ1) is 11.2. The minimum absolute atomic E-state index is 0.254. The average molecular weight is 233 g/mol. The largest absolute Gasteiger partial charge is 0.278 e. The lowest BCUT2D eigenvalue weighted by molar-refractivity contribution is -0.0757. The molecule has 0 spiro atoms. The van der Waals surface area contributed by atoms with Crippen molar-refractivity contribution < 1.29 is 9.63 Å². The first-order valence-electron chi connectivity index (χ1n) is 4.85. The fourth-order valence-electron chi connectivity index (χ4n) is 1.25. The maximum Gasteiger partial charge on any atom is 0.278 e. The molecule has 0 aliphatic carbocycles. The summed E-state index contributed by atoms with van der Waals surface area (Å²) in [6, 6.07) is 3.38. The fourth-order valence-corrected chi connectivity index (χ4v) is 1.25. The first-order chi connectivity index (χ1) is 8.22. The van der Waals surface area contributed by atoms with Gasteiger partial charge in [-0.05, 0) is 12.1 Å².